The number of halogens is 1. The first-order valence-corrected chi connectivity index (χ1v) is 5.15. The van der Waals surface area contributed by atoms with E-state index in [9.17, 15) is 0 Å². The third kappa shape index (κ3) is 1.69. The lowest BCUT2D eigenvalue weighted by atomic mass is 10.00. The number of hydrogen-bond acceptors (Lipinski definition) is 3. The molecule has 0 atom stereocenters. The Labute approximate surface area is 86.1 Å². The van der Waals surface area contributed by atoms with Crippen molar-refractivity contribution in [1.82, 2.24) is 4.98 Å². The van der Waals surface area contributed by atoms with E-state index in [-0.39, 0.29) is 0 Å². The van der Waals surface area contributed by atoms with Crippen LogP contribution in [0.25, 0.3) is 0 Å². The van der Waals surface area contributed by atoms with E-state index in [4.69, 9.17) is 5.73 Å². The van der Waals surface area contributed by atoms with Crippen LogP contribution in [0.15, 0.2) is 22.9 Å². The Hall–Kier alpha value is -0.610. The minimum atomic E-state index is 0.667. The average molecular weight is 242 g/mol. The molecule has 1 aromatic heterocycles. The SMILES string of the molecule is NCC1CN(c2ccncc2Br)C1. The van der Waals surface area contributed by atoms with Crippen LogP contribution in [-0.2, 0) is 0 Å². The molecular formula is C9H12BrN3. The fourth-order valence-electron chi connectivity index (χ4n) is 1.54. The van der Waals surface area contributed by atoms with Crippen LogP contribution in [0, 0.1) is 5.92 Å². The molecule has 0 unspecified atom stereocenters. The highest BCUT2D eigenvalue weighted by atomic mass is 79.9. The molecule has 2 rings (SSSR count). The second-order valence-electron chi connectivity index (χ2n) is 3.33. The van der Waals surface area contributed by atoms with Crippen LogP contribution < -0.4 is 10.6 Å². The van der Waals surface area contributed by atoms with Crippen molar-refractivity contribution in [1.29, 1.82) is 0 Å². The van der Waals surface area contributed by atoms with Crippen molar-refractivity contribution < 1.29 is 0 Å². The van der Waals surface area contributed by atoms with Crippen LogP contribution in [0.4, 0.5) is 5.69 Å². The zero-order valence-corrected chi connectivity index (χ0v) is 8.87. The summed E-state index contributed by atoms with van der Waals surface area (Å²) in [7, 11) is 0. The van der Waals surface area contributed by atoms with Gasteiger partial charge in [-0.2, -0.15) is 0 Å². The fourth-order valence-corrected chi connectivity index (χ4v) is 2.04. The lowest BCUT2D eigenvalue weighted by molar-refractivity contribution is 0.420. The molecule has 0 aromatic carbocycles. The fraction of sp³-hybridized carbons (Fsp3) is 0.444. The molecular weight excluding hydrogens is 230 g/mol. The topological polar surface area (TPSA) is 42.1 Å². The standard InChI is InChI=1S/C9H12BrN3/c10-8-4-12-2-1-9(8)13-5-7(3-11)6-13/h1-2,4,7H,3,5-6,11H2. The van der Waals surface area contributed by atoms with E-state index in [1.54, 1.807) is 0 Å². The molecule has 0 saturated carbocycles. The van der Waals surface area contributed by atoms with Gasteiger partial charge in [-0.1, -0.05) is 0 Å². The Kier molecular flexibility index (Phi) is 2.51. The van der Waals surface area contributed by atoms with E-state index < -0.39 is 0 Å². The zero-order chi connectivity index (χ0) is 9.26. The summed E-state index contributed by atoms with van der Waals surface area (Å²) in [5.74, 6) is 0.667. The molecule has 4 heteroatoms. The van der Waals surface area contributed by atoms with Crippen molar-refractivity contribution in [2.75, 3.05) is 24.5 Å². The zero-order valence-electron chi connectivity index (χ0n) is 7.28. The van der Waals surface area contributed by atoms with Crippen molar-refractivity contribution in [3.63, 3.8) is 0 Å². The predicted molar refractivity (Wildman–Crippen MR) is 56.7 cm³/mol. The molecule has 1 aliphatic heterocycles. The van der Waals surface area contributed by atoms with E-state index in [2.05, 4.69) is 25.8 Å². The number of pyridine rings is 1. The number of hydrogen-bond donors (Lipinski definition) is 1. The van der Waals surface area contributed by atoms with E-state index in [1.165, 1.54) is 5.69 Å². The monoisotopic (exact) mass is 241 g/mol. The third-order valence-electron chi connectivity index (χ3n) is 2.38. The largest absolute Gasteiger partial charge is 0.370 e. The molecule has 13 heavy (non-hydrogen) atoms. The maximum atomic E-state index is 5.56. The van der Waals surface area contributed by atoms with Crippen molar-refractivity contribution in [2.24, 2.45) is 11.7 Å². The highest BCUT2D eigenvalue weighted by Crippen LogP contribution is 2.29. The molecule has 0 radical (unpaired) electrons. The van der Waals surface area contributed by atoms with Gasteiger partial charge in [-0.25, -0.2) is 0 Å². The van der Waals surface area contributed by atoms with Gasteiger partial charge in [0.05, 0.1) is 10.2 Å². The number of nitrogens with zero attached hydrogens (tertiary/aromatic N) is 2. The Morgan fingerprint density at radius 2 is 2.38 bits per heavy atom. The van der Waals surface area contributed by atoms with Crippen molar-refractivity contribution in [3.05, 3.63) is 22.9 Å². The maximum absolute atomic E-state index is 5.56. The summed E-state index contributed by atoms with van der Waals surface area (Å²) in [5, 5.41) is 0. The summed E-state index contributed by atoms with van der Waals surface area (Å²) >= 11 is 3.48. The number of anilines is 1. The number of nitrogens with two attached hydrogens (primary N) is 1. The molecule has 0 amide bonds. The predicted octanol–water partition coefficient (Wildman–Crippen LogP) is 1.24. The van der Waals surface area contributed by atoms with Crippen LogP contribution in [-0.4, -0.2) is 24.6 Å². The molecule has 3 nitrogen and oxygen atoms in total. The highest BCUT2D eigenvalue weighted by molar-refractivity contribution is 9.10. The van der Waals surface area contributed by atoms with Gasteiger partial charge in [-0.05, 0) is 28.5 Å². The highest BCUT2D eigenvalue weighted by Gasteiger charge is 2.26. The second-order valence-corrected chi connectivity index (χ2v) is 4.19. The molecule has 1 fully saturated rings. The van der Waals surface area contributed by atoms with Crippen molar-refractivity contribution in [3.8, 4) is 0 Å². The van der Waals surface area contributed by atoms with Gasteiger partial charge in [0.25, 0.3) is 0 Å². The van der Waals surface area contributed by atoms with Crippen molar-refractivity contribution >= 4 is 21.6 Å². The van der Waals surface area contributed by atoms with E-state index in [1.807, 2.05) is 18.5 Å². The lowest BCUT2D eigenvalue weighted by Crippen LogP contribution is -2.50. The molecule has 1 aliphatic rings. The molecule has 1 saturated heterocycles. The summed E-state index contributed by atoms with van der Waals surface area (Å²) in [4.78, 5) is 6.34. The Morgan fingerprint density at radius 1 is 1.62 bits per heavy atom. The molecule has 0 bridgehead atoms. The van der Waals surface area contributed by atoms with Crippen LogP contribution in [0.1, 0.15) is 0 Å². The van der Waals surface area contributed by atoms with Gasteiger partial charge in [0.15, 0.2) is 0 Å². The van der Waals surface area contributed by atoms with Crippen LogP contribution in [0.5, 0.6) is 0 Å². The van der Waals surface area contributed by atoms with Gasteiger partial charge >= 0.3 is 0 Å². The Bertz CT molecular complexity index is 297. The van der Waals surface area contributed by atoms with Crippen LogP contribution >= 0.6 is 15.9 Å². The summed E-state index contributed by atoms with van der Waals surface area (Å²) in [6.07, 6.45) is 3.64. The van der Waals surface area contributed by atoms with Gasteiger partial charge in [0, 0.05) is 31.4 Å². The first kappa shape index (κ1) is 8.97. The first-order valence-electron chi connectivity index (χ1n) is 4.36. The van der Waals surface area contributed by atoms with Gasteiger partial charge in [-0.3, -0.25) is 4.98 Å². The van der Waals surface area contributed by atoms with Gasteiger partial charge in [0.2, 0.25) is 0 Å². The average Bonchev–Trinajstić information content (AvgIpc) is 2.06. The first-order chi connectivity index (χ1) is 6.31. The quantitative estimate of drug-likeness (QED) is 0.848. The molecule has 1 aromatic rings. The molecule has 70 valence electrons. The Morgan fingerprint density at radius 3 is 3.00 bits per heavy atom. The lowest BCUT2D eigenvalue weighted by Gasteiger charge is -2.40. The van der Waals surface area contributed by atoms with Crippen LogP contribution in [0.2, 0.25) is 0 Å². The van der Waals surface area contributed by atoms with E-state index in [0.717, 1.165) is 24.1 Å². The Balaban J connectivity index is 2.07. The smallest absolute Gasteiger partial charge is 0.0592 e. The summed E-state index contributed by atoms with van der Waals surface area (Å²) in [5.41, 5.74) is 6.78. The third-order valence-corrected chi connectivity index (χ3v) is 2.99. The molecule has 2 N–H and O–H groups in total. The molecule has 0 aliphatic carbocycles. The summed E-state index contributed by atoms with van der Waals surface area (Å²) in [6.45, 7) is 2.93. The minimum Gasteiger partial charge on any atom is -0.370 e. The maximum Gasteiger partial charge on any atom is 0.0592 e. The number of rotatable bonds is 2. The van der Waals surface area contributed by atoms with E-state index >= 15 is 0 Å². The summed E-state index contributed by atoms with van der Waals surface area (Å²) < 4.78 is 1.06. The van der Waals surface area contributed by atoms with Gasteiger partial charge in [0.1, 0.15) is 0 Å². The number of aromatic nitrogens is 1. The minimum absolute atomic E-state index is 0.667. The van der Waals surface area contributed by atoms with Crippen molar-refractivity contribution in [2.45, 2.75) is 0 Å². The van der Waals surface area contributed by atoms with Gasteiger partial charge in [-0.15, -0.1) is 0 Å². The molecule has 0 spiro atoms. The normalized spacial score (nSPS) is 17.2. The summed E-state index contributed by atoms with van der Waals surface area (Å²) in [6, 6.07) is 2.02. The molecule has 2 heterocycles. The van der Waals surface area contributed by atoms with Crippen LogP contribution in [0.3, 0.4) is 0 Å². The van der Waals surface area contributed by atoms with Gasteiger partial charge < -0.3 is 10.6 Å². The second kappa shape index (κ2) is 3.64. The van der Waals surface area contributed by atoms with E-state index in [0.29, 0.717) is 5.92 Å².